The van der Waals surface area contributed by atoms with Crippen molar-refractivity contribution in [2.75, 3.05) is 31.6 Å². The number of anilines is 1. The summed E-state index contributed by atoms with van der Waals surface area (Å²) in [6.45, 7) is 9.81. The van der Waals surface area contributed by atoms with E-state index < -0.39 is 0 Å². The number of nitrogens with zero attached hydrogens (tertiary/aromatic N) is 3. The van der Waals surface area contributed by atoms with Crippen molar-refractivity contribution in [2.24, 2.45) is 0 Å². The average molecular weight is 377 g/mol. The van der Waals surface area contributed by atoms with Gasteiger partial charge in [0.2, 0.25) is 0 Å². The molecule has 0 radical (unpaired) electrons. The number of nitrogens with one attached hydrogen (secondary N) is 2. The van der Waals surface area contributed by atoms with Crippen LogP contribution < -0.4 is 10.6 Å². The Morgan fingerprint density at radius 2 is 1.93 bits per heavy atom. The second-order valence-electron chi connectivity index (χ2n) is 8.19. The molecule has 0 saturated carbocycles. The number of pyridine rings is 1. The lowest BCUT2D eigenvalue weighted by molar-refractivity contribution is 0.0372. The Balaban J connectivity index is 1.65. The highest BCUT2D eigenvalue weighted by molar-refractivity contribution is 5.88. The SMILES string of the molecule is CC(C)(C)c1ccc(-c2cc3nccnc3c(NCC3CNCCO3)n2)cc1. The number of aromatic nitrogens is 3. The zero-order chi connectivity index (χ0) is 19.6. The highest BCUT2D eigenvalue weighted by Crippen LogP contribution is 2.28. The summed E-state index contributed by atoms with van der Waals surface area (Å²) < 4.78 is 5.78. The van der Waals surface area contributed by atoms with Crippen LogP contribution in [0.4, 0.5) is 5.82 Å². The Kier molecular flexibility index (Phi) is 5.24. The van der Waals surface area contributed by atoms with E-state index in [1.807, 2.05) is 6.07 Å². The van der Waals surface area contributed by atoms with Crippen molar-refractivity contribution < 1.29 is 4.74 Å². The third kappa shape index (κ3) is 4.13. The van der Waals surface area contributed by atoms with Crippen LogP contribution in [0.15, 0.2) is 42.7 Å². The van der Waals surface area contributed by atoms with Crippen LogP contribution in [0.2, 0.25) is 0 Å². The lowest BCUT2D eigenvalue weighted by Crippen LogP contribution is -2.42. The van der Waals surface area contributed by atoms with E-state index in [9.17, 15) is 0 Å². The maximum absolute atomic E-state index is 5.78. The van der Waals surface area contributed by atoms with Gasteiger partial charge in [-0.05, 0) is 17.0 Å². The maximum Gasteiger partial charge on any atom is 0.154 e. The molecular formula is C22H27N5O. The quantitative estimate of drug-likeness (QED) is 0.726. The van der Waals surface area contributed by atoms with Gasteiger partial charge in [0.15, 0.2) is 5.82 Å². The van der Waals surface area contributed by atoms with Crippen LogP contribution in [0.1, 0.15) is 26.3 Å². The van der Waals surface area contributed by atoms with E-state index in [4.69, 9.17) is 9.72 Å². The Morgan fingerprint density at radius 3 is 2.64 bits per heavy atom. The van der Waals surface area contributed by atoms with Gasteiger partial charge in [0, 0.05) is 37.6 Å². The van der Waals surface area contributed by atoms with Gasteiger partial charge in [-0.3, -0.25) is 4.98 Å². The van der Waals surface area contributed by atoms with Crippen LogP contribution >= 0.6 is 0 Å². The standard InChI is InChI=1S/C22H27N5O/c1-22(2,3)16-6-4-15(5-7-16)18-12-19-20(25-9-8-24-19)21(27-18)26-14-17-13-23-10-11-28-17/h4-9,12,17,23H,10-11,13-14H2,1-3H3,(H,26,27). The first-order chi connectivity index (χ1) is 13.5. The minimum Gasteiger partial charge on any atom is -0.374 e. The molecule has 1 aromatic carbocycles. The smallest absolute Gasteiger partial charge is 0.154 e. The van der Waals surface area contributed by atoms with Crippen LogP contribution in [-0.2, 0) is 10.2 Å². The molecule has 1 aliphatic heterocycles. The first-order valence-electron chi connectivity index (χ1n) is 9.79. The molecule has 6 heteroatoms. The lowest BCUT2D eigenvalue weighted by Gasteiger charge is -2.24. The molecule has 1 saturated heterocycles. The molecule has 0 amide bonds. The topological polar surface area (TPSA) is 72.0 Å². The van der Waals surface area contributed by atoms with E-state index in [1.54, 1.807) is 12.4 Å². The zero-order valence-electron chi connectivity index (χ0n) is 16.7. The van der Waals surface area contributed by atoms with E-state index in [0.29, 0.717) is 6.54 Å². The minimum atomic E-state index is 0.122. The van der Waals surface area contributed by atoms with E-state index in [2.05, 4.69) is 65.6 Å². The highest BCUT2D eigenvalue weighted by Gasteiger charge is 2.16. The fourth-order valence-corrected chi connectivity index (χ4v) is 3.35. The molecule has 3 aromatic rings. The van der Waals surface area contributed by atoms with Crippen molar-refractivity contribution in [3.05, 3.63) is 48.3 Å². The molecule has 1 atom stereocenters. The average Bonchev–Trinajstić information content (AvgIpc) is 2.72. The summed E-state index contributed by atoms with van der Waals surface area (Å²) in [5, 5.41) is 6.77. The summed E-state index contributed by atoms with van der Waals surface area (Å²) in [7, 11) is 0. The van der Waals surface area contributed by atoms with Gasteiger partial charge in [-0.2, -0.15) is 0 Å². The summed E-state index contributed by atoms with van der Waals surface area (Å²) in [5.74, 6) is 0.745. The largest absolute Gasteiger partial charge is 0.374 e. The molecular weight excluding hydrogens is 350 g/mol. The first kappa shape index (κ1) is 18.8. The van der Waals surface area contributed by atoms with Gasteiger partial charge in [-0.15, -0.1) is 0 Å². The van der Waals surface area contributed by atoms with E-state index >= 15 is 0 Å². The summed E-state index contributed by atoms with van der Waals surface area (Å²) in [5.41, 5.74) is 5.00. The number of benzene rings is 1. The zero-order valence-corrected chi connectivity index (χ0v) is 16.7. The van der Waals surface area contributed by atoms with Crippen LogP contribution in [0.3, 0.4) is 0 Å². The monoisotopic (exact) mass is 377 g/mol. The van der Waals surface area contributed by atoms with E-state index in [-0.39, 0.29) is 11.5 Å². The Hall–Kier alpha value is -2.57. The number of ether oxygens (including phenoxy) is 1. The molecule has 0 bridgehead atoms. The second kappa shape index (κ2) is 7.81. The molecule has 1 aliphatic rings. The molecule has 1 fully saturated rings. The fraction of sp³-hybridized carbons (Fsp3) is 0.409. The number of fused-ring (bicyclic) bond motifs is 1. The number of morpholine rings is 1. The van der Waals surface area contributed by atoms with Gasteiger partial charge in [0.05, 0.1) is 23.9 Å². The molecule has 28 heavy (non-hydrogen) atoms. The van der Waals surface area contributed by atoms with Gasteiger partial charge < -0.3 is 15.4 Å². The molecule has 3 heterocycles. The Bertz CT molecular complexity index is 943. The molecule has 4 rings (SSSR count). The van der Waals surface area contributed by atoms with Crippen LogP contribution in [0.5, 0.6) is 0 Å². The van der Waals surface area contributed by atoms with Crippen molar-refractivity contribution in [1.82, 2.24) is 20.3 Å². The lowest BCUT2D eigenvalue weighted by atomic mass is 9.86. The van der Waals surface area contributed by atoms with Crippen LogP contribution in [-0.4, -0.2) is 47.3 Å². The highest BCUT2D eigenvalue weighted by atomic mass is 16.5. The molecule has 2 aromatic heterocycles. The molecule has 2 N–H and O–H groups in total. The minimum absolute atomic E-state index is 0.122. The Morgan fingerprint density at radius 1 is 1.14 bits per heavy atom. The van der Waals surface area contributed by atoms with Gasteiger partial charge in [-0.25, -0.2) is 9.97 Å². The number of hydrogen-bond acceptors (Lipinski definition) is 6. The van der Waals surface area contributed by atoms with Gasteiger partial charge in [0.1, 0.15) is 5.52 Å². The van der Waals surface area contributed by atoms with Gasteiger partial charge >= 0.3 is 0 Å². The number of rotatable bonds is 4. The van der Waals surface area contributed by atoms with Gasteiger partial charge in [-0.1, -0.05) is 45.0 Å². The third-order valence-electron chi connectivity index (χ3n) is 5.00. The third-order valence-corrected chi connectivity index (χ3v) is 5.00. The predicted molar refractivity (Wildman–Crippen MR) is 113 cm³/mol. The second-order valence-corrected chi connectivity index (χ2v) is 8.19. The van der Waals surface area contributed by atoms with Crippen molar-refractivity contribution in [3.63, 3.8) is 0 Å². The van der Waals surface area contributed by atoms with Crippen LogP contribution in [0.25, 0.3) is 22.3 Å². The van der Waals surface area contributed by atoms with E-state index in [1.165, 1.54) is 5.56 Å². The van der Waals surface area contributed by atoms with Gasteiger partial charge in [0.25, 0.3) is 0 Å². The summed E-state index contributed by atoms with van der Waals surface area (Å²) >= 11 is 0. The number of hydrogen-bond donors (Lipinski definition) is 2. The summed E-state index contributed by atoms with van der Waals surface area (Å²) in [6, 6.07) is 10.6. The normalized spacial score (nSPS) is 17.6. The van der Waals surface area contributed by atoms with Crippen LogP contribution in [0, 0.1) is 0 Å². The maximum atomic E-state index is 5.78. The van der Waals surface area contributed by atoms with Crippen molar-refractivity contribution >= 4 is 16.9 Å². The molecule has 146 valence electrons. The van der Waals surface area contributed by atoms with Crippen molar-refractivity contribution in [2.45, 2.75) is 32.3 Å². The first-order valence-corrected chi connectivity index (χ1v) is 9.79. The van der Waals surface area contributed by atoms with E-state index in [0.717, 1.165) is 47.8 Å². The molecule has 6 nitrogen and oxygen atoms in total. The molecule has 1 unspecified atom stereocenters. The van der Waals surface area contributed by atoms with Crippen molar-refractivity contribution in [1.29, 1.82) is 0 Å². The summed E-state index contributed by atoms with van der Waals surface area (Å²) in [6.07, 6.45) is 3.54. The fourth-order valence-electron chi connectivity index (χ4n) is 3.35. The Labute approximate surface area is 165 Å². The predicted octanol–water partition coefficient (Wildman–Crippen LogP) is 3.39. The van der Waals surface area contributed by atoms with Crippen molar-refractivity contribution in [3.8, 4) is 11.3 Å². The summed E-state index contributed by atoms with van der Waals surface area (Å²) in [4.78, 5) is 13.8. The molecule has 0 aliphatic carbocycles. The molecule has 0 spiro atoms.